The van der Waals surface area contributed by atoms with Crippen molar-refractivity contribution in [1.29, 1.82) is 0 Å². The van der Waals surface area contributed by atoms with Crippen LogP contribution in [0.2, 0.25) is 0 Å². The largest absolute Gasteiger partial charge is 0.481 e. The number of amides is 9. The first kappa shape index (κ1) is 61.9. The number of H-pyrrole nitrogens is 1. The molecule has 29 heteroatoms. The Morgan fingerprint density at radius 1 is 0.720 bits per heavy atom. The number of carboxylic acids is 2. The number of nitrogens with two attached hydrogens (primary N) is 3. The number of nitrogens with zero attached hydrogens (tertiary/aromatic N) is 4. The summed E-state index contributed by atoms with van der Waals surface area (Å²) in [6.07, 6.45) is 2.91. The number of nitrogens with one attached hydrogen (secondary N) is 8. The molecule has 1 aromatic rings. The normalized spacial score (nSPS) is 18.0. The summed E-state index contributed by atoms with van der Waals surface area (Å²) in [5, 5.41) is 45.4. The molecule has 29 nitrogen and oxygen atoms in total. The number of aromatic amines is 1. The lowest BCUT2D eigenvalue weighted by Crippen LogP contribution is -2.60. The highest BCUT2D eigenvalue weighted by Crippen LogP contribution is 2.23. The topological polar surface area (TPSA) is 458 Å². The number of aliphatic imine (C=N–C) groups is 1. The number of carbonyl (C=O) groups is 11. The smallest absolute Gasteiger partial charge is 0.322 e. The number of hydrogen-bond donors (Lipinski definition) is 14. The molecule has 0 spiro atoms. The third-order valence-corrected chi connectivity index (χ3v) is 12.4. The third kappa shape index (κ3) is 19.7. The number of imidazole rings is 1. The first-order valence-electron chi connectivity index (χ1n) is 24.9. The number of guanidine groups is 1. The Morgan fingerprint density at radius 3 is 1.85 bits per heavy atom. The molecule has 0 radical (unpaired) electrons. The number of carboxylic acid groups (broad SMARTS) is 2. The molecule has 17 N–H and O–H groups in total. The van der Waals surface area contributed by atoms with Gasteiger partial charge in [-0.2, -0.15) is 0 Å². The lowest BCUT2D eigenvalue weighted by Gasteiger charge is -2.32. The minimum absolute atomic E-state index is 0.0456. The second kappa shape index (κ2) is 30.1. The van der Waals surface area contributed by atoms with Gasteiger partial charge in [0, 0.05) is 44.4 Å². The Kier molecular flexibility index (Phi) is 24.8. The zero-order valence-electron chi connectivity index (χ0n) is 43.0. The van der Waals surface area contributed by atoms with Crippen molar-refractivity contribution in [3.63, 3.8) is 0 Å². The number of rotatable bonds is 30. The van der Waals surface area contributed by atoms with Crippen LogP contribution in [0.4, 0.5) is 0 Å². The van der Waals surface area contributed by atoms with Gasteiger partial charge in [0.25, 0.3) is 0 Å². The molecule has 3 heterocycles. The highest BCUT2D eigenvalue weighted by molar-refractivity contribution is 5.99. The van der Waals surface area contributed by atoms with E-state index in [1.54, 1.807) is 27.7 Å². The van der Waals surface area contributed by atoms with E-state index in [4.69, 9.17) is 22.3 Å². The lowest BCUT2D eigenvalue weighted by atomic mass is 10.0. The van der Waals surface area contributed by atoms with Crippen LogP contribution in [0.25, 0.3) is 0 Å². The number of aliphatic hydroxyl groups is 1. The van der Waals surface area contributed by atoms with E-state index in [9.17, 15) is 63.0 Å². The van der Waals surface area contributed by atoms with Crippen LogP contribution >= 0.6 is 0 Å². The summed E-state index contributed by atoms with van der Waals surface area (Å²) in [4.78, 5) is 159. The Morgan fingerprint density at radius 2 is 1.31 bits per heavy atom. The Labute approximate surface area is 433 Å². The van der Waals surface area contributed by atoms with Crippen LogP contribution in [0.15, 0.2) is 17.5 Å². The molecule has 9 amide bonds. The van der Waals surface area contributed by atoms with E-state index in [1.165, 1.54) is 29.2 Å². The molecule has 2 aliphatic heterocycles. The van der Waals surface area contributed by atoms with Crippen molar-refractivity contribution in [2.45, 2.75) is 153 Å². The summed E-state index contributed by atoms with van der Waals surface area (Å²) in [5.41, 5.74) is 17.2. The molecule has 0 unspecified atom stereocenters. The average molecular weight is 1060 g/mol. The van der Waals surface area contributed by atoms with E-state index in [1.807, 2.05) is 0 Å². The van der Waals surface area contributed by atoms with E-state index in [0.29, 0.717) is 18.5 Å². The first-order chi connectivity index (χ1) is 35.3. The molecule has 0 bridgehead atoms. The SMILES string of the molecule is CC(C)C[C@H](NC(=O)[C@H](CCC(=O)O)NC(=O)[C@H](C)NC(=O)[C@@H]1CCCN1C(=O)[C@H](CCCN=C(N)N)NC(=O)[C@H](Cc1cnc[nH]1)NC(=O)[C@@H]1CCCN1C(=O)[C@@H](NC(=O)[C@@H](N)CO)C(C)C)C(=O)NCC(=O)O. The molecule has 0 aromatic carbocycles. The fraction of sp³-hybridized carbons (Fsp3) is 0.674. The van der Waals surface area contributed by atoms with Crippen LogP contribution in [0.5, 0.6) is 0 Å². The first-order valence-corrected chi connectivity index (χ1v) is 24.9. The maximum Gasteiger partial charge on any atom is 0.322 e. The van der Waals surface area contributed by atoms with Gasteiger partial charge in [0.15, 0.2) is 5.96 Å². The molecule has 2 fully saturated rings. The van der Waals surface area contributed by atoms with Gasteiger partial charge in [-0.15, -0.1) is 0 Å². The van der Waals surface area contributed by atoms with Gasteiger partial charge < -0.3 is 84.5 Å². The Bertz CT molecular complexity index is 2210. The van der Waals surface area contributed by atoms with Gasteiger partial charge >= 0.3 is 11.9 Å². The van der Waals surface area contributed by atoms with Crippen molar-refractivity contribution < 1.29 is 68.1 Å². The Hall–Kier alpha value is -7.43. The maximum absolute atomic E-state index is 14.5. The van der Waals surface area contributed by atoms with Gasteiger partial charge in [-0.25, -0.2) is 4.98 Å². The van der Waals surface area contributed by atoms with Crippen molar-refractivity contribution in [3.05, 3.63) is 18.2 Å². The van der Waals surface area contributed by atoms with Crippen molar-refractivity contribution in [1.82, 2.24) is 57.0 Å². The molecule has 9 atom stereocenters. The minimum atomic E-state index is -1.52. The summed E-state index contributed by atoms with van der Waals surface area (Å²) in [7, 11) is 0. The van der Waals surface area contributed by atoms with Gasteiger partial charge in [0.2, 0.25) is 53.2 Å². The zero-order valence-corrected chi connectivity index (χ0v) is 43.0. The van der Waals surface area contributed by atoms with Crippen LogP contribution in [0.1, 0.15) is 98.1 Å². The quantitative estimate of drug-likeness (QED) is 0.0195. The number of likely N-dealkylation sites (tertiary alicyclic amines) is 2. The molecule has 2 aliphatic rings. The number of aromatic nitrogens is 2. The van der Waals surface area contributed by atoms with E-state index in [0.717, 1.165) is 0 Å². The van der Waals surface area contributed by atoms with Gasteiger partial charge in [-0.05, 0) is 70.1 Å². The van der Waals surface area contributed by atoms with Gasteiger partial charge in [-0.3, -0.25) is 57.7 Å². The van der Waals surface area contributed by atoms with Gasteiger partial charge in [0.05, 0.1) is 12.9 Å². The maximum atomic E-state index is 14.5. The lowest BCUT2D eigenvalue weighted by molar-refractivity contribution is -0.144. The fourth-order valence-corrected chi connectivity index (χ4v) is 8.44. The standard InChI is InChI=1S/C46H75N15O14/c1-23(2)17-30(39(69)52-20-35(65)66)57-40(70)28(12-13-34(63)64)55-37(67)25(5)54-42(72)32-10-7-15-60(32)44(74)29(9-6-14-51-46(48)49)56-41(71)31(18-26-19-50-22-53-26)58-43(73)33-11-8-16-61(33)45(75)36(24(3)4)59-38(68)27(47)21-62/h19,22-25,27-33,36,62H,6-18,20-21,47H2,1-5H3,(H,50,53)(H,52,69)(H,54,72)(H,55,67)(H,56,71)(H,57,70)(H,58,73)(H,59,68)(H,63,64)(H,65,66)(H4,48,49,51)/t25-,27-,28-,29-,30-,31-,32-,33-,36-/m0/s1. The van der Waals surface area contributed by atoms with Crippen LogP contribution < -0.4 is 54.4 Å². The molecule has 2 saturated heterocycles. The average Bonchev–Trinajstić information content (AvgIpc) is 4.16. The monoisotopic (exact) mass is 1060 g/mol. The van der Waals surface area contributed by atoms with E-state index >= 15 is 0 Å². The molecule has 75 heavy (non-hydrogen) atoms. The molecule has 0 aliphatic carbocycles. The summed E-state index contributed by atoms with van der Waals surface area (Å²) in [6.45, 7) is 7.02. The summed E-state index contributed by atoms with van der Waals surface area (Å²) in [5.74, 6) is -10.4. The number of aliphatic hydroxyl groups excluding tert-OH is 1. The zero-order chi connectivity index (χ0) is 56.1. The second-order valence-corrected chi connectivity index (χ2v) is 19.3. The fourth-order valence-electron chi connectivity index (χ4n) is 8.44. The molecule has 418 valence electrons. The van der Waals surface area contributed by atoms with E-state index in [2.05, 4.69) is 52.2 Å². The van der Waals surface area contributed by atoms with Gasteiger partial charge in [-0.1, -0.05) is 27.7 Å². The van der Waals surface area contributed by atoms with Crippen molar-refractivity contribution in [2.75, 3.05) is 32.8 Å². The molecular formula is C46H75N15O14. The van der Waals surface area contributed by atoms with Gasteiger partial charge in [0.1, 0.15) is 60.9 Å². The minimum Gasteiger partial charge on any atom is -0.481 e. The summed E-state index contributed by atoms with van der Waals surface area (Å²) < 4.78 is 0. The molecule has 0 saturated carbocycles. The molecule has 1 aromatic heterocycles. The number of carbonyl (C=O) groups excluding carboxylic acids is 9. The van der Waals surface area contributed by atoms with Crippen molar-refractivity contribution in [2.24, 2.45) is 34.0 Å². The Balaban J connectivity index is 1.83. The highest BCUT2D eigenvalue weighted by Gasteiger charge is 2.42. The highest BCUT2D eigenvalue weighted by atomic mass is 16.4. The number of aliphatic carboxylic acids is 2. The predicted molar refractivity (Wildman–Crippen MR) is 266 cm³/mol. The second-order valence-electron chi connectivity index (χ2n) is 19.3. The third-order valence-electron chi connectivity index (χ3n) is 12.4. The van der Waals surface area contributed by atoms with Crippen molar-refractivity contribution in [3.8, 4) is 0 Å². The summed E-state index contributed by atoms with van der Waals surface area (Å²) >= 11 is 0. The predicted octanol–water partition coefficient (Wildman–Crippen LogP) is -5.00. The summed E-state index contributed by atoms with van der Waals surface area (Å²) in [6, 6.07) is -11.4. The van der Waals surface area contributed by atoms with Crippen LogP contribution in [-0.4, -0.2) is 193 Å². The van der Waals surface area contributed by atoms with Crippen LogP contribution in [0.3, 0.4) is 0 Å². The molecular weight excluding hydrogens is 987 g/mol. The van der Waals surface area contributed by atoms with Crippen molar-refractivity contribution >= 4 is 71.1 Å². The van der Waals surface area contributed by atoms with Crippen LogP contribution in [-0.2, 0) is 59.2 Å². The van der Waals surface area contributed by atoms with Crippen LogP contribution in [0, 0.1) is 11.8 Å². The number of hydrogen-bond acceptors (Lipinski definition) is 15. The van der Waals surface area contributed by atoms with E-state index in [-0.39, 0.29) is 70.0 Å². The van der Waals surface area contributed by atoms with E-state index < -0.39 is 151 Å². The molecule has 3 rings (SSSR count).